The molecule has 0 saturated heterocycles. The second-order valence-electron chi connectivity index (χ2n) is 4.98. The first kappa shape index (κ1) is 13.7. The highest BCUT2D eigenvalue weighted by molar-refractivity contribution is 7.99. The molecule has 0 aliphatic heterocycles. The minimum absolute atomic E-state index is 0.296. The van der Waals surface area contributed by atoms with Gasteiger partial charge in [0.1, 0.15) is 5.78 Å². The minimum Gasteiger partial charge on any atom is -0.299 e. The SMILES string of the molecule is CCSCCc1ccccc1CC1CCCC1=O. The van der Waals surface area contributed by atoms with Crippen molar-refractivity contribution < 1.29 is 4.79 Å². The maximum atomic E-state index is 11.7. The molecule has 2 heteroatoms. The van der Waals surface area contributed by atoms with Crippen molar-refractivity contribution in [3.63, 3.8) is 0 Å². The molecule has 0 amide bonds. The third kappa shape index (κ3) is 3.61. The Morgan fingerprint density at radius 3 is 2.72 bits per heavy atom. The van der Waals surface area contributed by atoms with Crippen LogP contribution in [0.5, 0.6) is 0 Å². The van der Waals surface area contributed by atoms with Crippen LogP contribution >= 0.6 is 11.8 Å². The van der Waals surface area contributed by atoms with E-state index in [0.29, 0.717) is 11.7 Å². The molecule has 18 heavy (non-hydrogen) atoms. The molecule has 98 valence electrons. The monoisotopic (exact) mass is 262 g/mol. The second kappa shape index (κ2) is 6.98. The van der Waals surface area contributed by atoms with Gasteiger partial charge in [-0.3, -0.25) is 4.79 Å². The summed E-state index contributed by atoms with van der Waals surface area (Å²) in [7, 11) is 0. The highest BCUT2D eigenvalue weighted by atomic mass is 32.2. The van der Waals surface area contributed by atoms with Gasteiger partial charge in [0.15, 0.2) is 0 Å². The predicted molar refractivity (Wildman–Crippen MR) is 79.2 cm³/mol. The standard InChI is InChI=1S/C16H22OS/c1-2-18-11-10-13-6-3-4-7-14(13)12-15-8-5-9-16(15)17/h3-4,6-7,15H,2,5,8-12H2,1H3. The van der Waals surface area contributed by atoms with Crippen molar-refractivity contribution in [3.05, 3.63) is 35.4 Å². The van der Waals surface area contributed by atoms with Gasteiger partial charge in [-0.05, 0) is 48.3 Å². The van der Waals surface area contributed by atoms with E-state index >= 15 is 0 Å². The molecule has 2 rings (SSSR count). The molecule has 0 bridgehead atoms. The minimum atomic E-state index is 0.296. The van der Waals surface area contributed by atoms with Crippen LogP contribution < -0.4 is 0 Å². The number of carbonyl (C=O) groups excluding carboxylic acids is 1. The lowest BCUT2D eigenvalue weighted by Gasteiger charge is -2.12. The normalized spacial score (nSPS) is 19.4. The van der Waals surface area contributed by atoms with E-state index in [1.54, 1.807) is 0 Å². The number of Topliss-reactive ketones (excluding diaryl/α,β-unsaturated/α-hetero) is 1. The molecule has 0 heterocycles. The van der Waals surface area contributed by atoms with Gasteiger partial charge in [-0.25, -0.2) is 0 Å². The van der Waals surface area contributed by atoms with E-state index in [-0.39, 0.29) is 0 Å². The maximum absolute atomic E-state index is 11.7. The number of thioether (sulfide) groups is 1. The highest BCUT2D eigenvalue weighted by Crippen LogP contribution is 2.26. The van der Waals surface area contributed by atoms with E-state index in [0.717, 1.165) is 32.1 Å². The van der Waals surface area contributed by atoms with Gasteiger partial charge in [0.05, 0.1) is 0 Å². The summed E-state index contributed by atoms with van der Waals surface area (Å²) in [6.07, 6.45) is 5.09. The summed E-state index contributed by atoms with van der Waals surface area (Å²) in [5.74, 6) is 3.15. The Morgan fingerprint density at radius 1 is 1.28 bits per heavy atom. The van der Waals surface area contributed by atoms with Crippen LogP contribution in [0.3, 0.4) is 0 Å². The first-order valence-electron chi connectivity index (χ1n) is 6.98. The van der Waals surface area contributed by atoms with Gasteiger partial charge >= 0.3 is 0 Å². The zero-order valence-electron chi connectivity index (χ0n) is 11.2. The van der Waals surface area contributed by atoms with E-state index in [2.05, 4.69) is 31.2 Å². The molecule has 1 nitrogen and oxygen atoms in total. The Labute approximate surface area is 114 Å². The molecular weight excluding hydrogens is 240 g/mol. The van der Waals surface area contributed by atoms with Crippen LogP contribution in [0.15, 0.2) is 24.3 Å². The van der Waals surface area contributed by atoms with E-state index in [1.807, 2.05) is 11.8 Å². The fourth-order valence-electron chi connectivity index (χ4n) is 2.70. The predicted octanol–water partition coefficient (Wildman–Crippen LogP) is 3.89. The third-order valence-corrected chi connectivity index (χ3v) is 4.64. The fourth-order valence-corrected chi connectivity index (χ4v) is 3.35. The van der Waals surface area contributed by atoms with Crippen molar-refractivity contribution in [1.29, 1.82) is 0 Å². The van der Waals surface area contributed by atoms with Crippen LogP contribution in [0.2, 0.25) is 0 Å². The van der Waals surface area contributed by atoms with Gasteiger partial charge in [0.25, 0.3) is 0 Å². The second-order valence-corrected chi connectivity index (χ2v) is 6.37. The third-order valence-electron chi connectivity index (χ3n) is 3.74. The molecule has 1 aliphatic carbocycles. The largest absolute Gasteiger partial charge is 0.299 e. The van der Waals surface area contributed by atoms with Crippen molar-refractivity contribution in [3.8, 4) is 0 Å². The van der Waals surface area contributed by atoms with E-state index in [9.17, 15) is 4.79 Å². The summed E-state index contributed by atoms with van der Waals surface area (Å²) >= 11 is 1.99. The smallest absolute Gasteiger partial charge is 0.136 e. The summed E-state index contributed by atoms with van der Waals surface area (Å²) in [4.78, 5) is 11.7. The number of ketones is 1. The molecule has 1 fully saturated rings. The van der Waals surface area contributed by atoms with Crippen LogP contribution in [0.1, 0.15) is 37.3 Å². The topological polar surface area (TPSA) is 17.1 Å². The number of benzene rings is 1. The van der Waals surface area contributed by atoms with Gasteiger partial charge in [0, 0.05) is 12.3 Å². The van der Waals surface area contributed by atoms with Crippen molar-refractivity contribution >= 4 is 17.5 Å². The fraction of sp³-hybridized carbons (Fsp3) is 0.562. The first-order valence-corrected chi connectivity index (χ1v) is 8.14. The zero-order chi connectivity index (χ0) is 12.8. The molecule has 0 radical (unpaired) electrons. The maximum Gasteiger partial charge on any atom is 0.136 e. The molecule has 1 aromatic carbocycles. The molecule has 0 spiro atoms. The average Bonchev–Trinajstić information content (AvgIpc) is 2.78. The molecule has 1 unspecified atom stereocenters. The van der Waals surface area contributed by atoms with Gasteiger partial charge in [-0.2, -0.15) is 11.8 Å². The molecule has 0 aromatic heterocycles. The van der Waals surface area contributed by atoms with Gasteiger partial charge in [-0.1, -0.05) is 31.2 Å². The molecule has 0 N–H and O–H groups in total. The Morgan fingerprint density at radius 2 is 2.06 bits per heavy atom. The number of carbonyl (C=O) groups is 1. The first-order chi connectivity index (χ1) is 8.81. The molecule has 1 aromatic rings. The Kier molecular flexibility index (Phi) is 5.30. The summed E-state index contributed by atoms with van der Waals surface area (Å²) in [5, 5.41) is 0. The summed E-state index contributed by atoms with van der Waals surface area (Å²) in [6.45, 7) is 2.20. The number of rotatable bonds is 6. The van der Waals surface area contributed by atoms with Gasteiger partial charge in [-0.15, -0.1) is 0 Å². The average molecular weight is 262 g/mol. The number of hydrogen-bond acceptors (Lipinski definition) is 2. The summed E-state index contributed by atoms with van der Waals surface area (Å²) in [6, 6.07) is 8.65. The van der Waals surface area contributed by atoms with Crippen LogP contribution in [0.25, 0.3) is 0 Å². The Hall–Kier alpha value is -0.760. The van der Waals surface area contributed by atoms with Crippen LogP contribution in [-0.2, 0) is 17.6 Å². The van der Waals surface area contributed by atoms with Crippen LogP contribution in [0, 0.1) is 5.92 Å². The summed E-state index contributed by atoms with van der Waals surface area (Å²) in [5.41, 5.74) is 2.84. The highest BCUT2D eigenvalue weighted by Gasteiger charge is 2.24. The lowest BCUT2D eigenvalue weighted by molar-refractivity contribution is -0.120. The molecule has 1 aliphatic rings. The quantitative estimate of drug-likeness (QED) is 0.723. The van der Waals surface area contributed by atoms with Gasteiger partial charge in [0.2, 0.25) is 0 Å². The van der Waals surface area contributed by atoms with Crippen LogP contribution in [-0.4, -0.2) is 17.3 Å². The number of aryl methyl sites for hydroxylation is 1. The lowest BCUT2D eigenvalue weighted by Crippen LogP contribution is -2.11. The molecular formula is C16H22OS. The van der Waals surface area contributed by atoms with E-state index in [1.165, 1.54) is 22.6 Å². The van der Waals surface area contributed by atoms with Crippen molar-refractivity contribution in [2.24, 2.45) is 5.92 Å². The molecule has 1 saturated carbocycles. The van der Waals surface area contributed by atoms with Gasteiger partial charge < -0.3 is 0 Å². The zero-order valence-corrected chi connectivity index (χ0v) is 12.0. The number of hydrogen-bond donors (Lipinski definition) is 0. The Balaban J connectivity index is 2.00. The van der Waals surface area contributed by atoms with E-state index < -0.39 is 0 Å². The van der Waals surface area contributed by atoms with Crippen LogP contribution in [0.4, 0.5) is 0 Å². The lowest BCUT2D eigenvalue weighted by atomic mass is 9.93. The summed E-state index contributed by atoms with van der Waals surface area (Å²) < 4.78 is 0. The Bertz CT molecular complexity index is 400. The molecule has 1 atom stereocenters. The van der Waals surface area contributed by atoms with Crippen molar-refractivity contribution in [2.75, 3.05) is 11.5 Å². The van der Waals surface area contributed by atoms with Crippen molar-refractivity contribution in [2.45, 2.75) is 39.0 Å². The van der Waals surface area contributed by atoms with Crippen molar-refractivity contribution in [1.82, 2.24) is 0 Å². The van der Waals surface area contributed by atoms with E-state index in [4.69, 9.17) is 0 Å².